The fourth-order valence-corrected chi connectivity index (χ4v) is 3.23. The second kappa shape index (κ2) is 5.18. The Bertz CT molecular complexity index is 657. The summed E-state index contributed by atoms with van der Waals surface area (Å²) in [6.45, 7) is 0. The van der Waals surface area contributed by atoms with Gasteiger partial charge in [-0.1, -0.05) is 47.5 Å². The predicted octanol–water partition coefficient (Wildman–Crippen LogP) is 3.79. The summed E-state index contributed by atoms with van der Waals surface area (Å²) in [7, 11) is -3.73. The SMILES string of the molecule is O=S(=O)(Nc1ccccc1)c1cccc(Cl)c1Cl. The highest BCUT2D eigenvalue weighted by Crippen LogP contribution is 2.29. The molecule has 0 radical (unpaired) electrons. The third-order valence-corrected chi connectivity index (χ3v) is 4.59. The van der Waals surface area contributed by atoms with Crippen molar-refractivity contribution in [2.75, 3.05) is 4.72 Å². The molecule has 0 aliphatic rings. The Morgan fingerprint density at radius 2 is 1.56 bits per heavy atom. The highest BCUT2D eigenvalue weighted by molar-refractivity contribution is 7.92. The lowest BCUT2D eigenvalue weighted by molar-refractivity contribution is 0.601. The van der Waals surface area contributed by atoms with Gasteiger partial charge in [-0.3, -0.25) is 4.72 Å². The average Bonchev–Trinajstić information content (AvgIpc) is 2.33. The van der Waals surface area contributed by atoms with Gasteiger partial charge in [-0.25, -0.2) is 8.42 Å². The van der Waals surface area contributed by atoms with Crippen molar-refractivity contribution in [1.29, 1.82) is 0 Å². The molecule has 0 unspecified atom stereocenters. The van der Waals surface area contributed by atoms with Crippen molar-refractivity contribution in [1.82, 2.24) is 0 Å². The van der Waals surface area contributed by atoms with E-state index in [0.717, 1.165) is 0 Å². The maximum atomic E-state index is 12.1. The highest BCUT2D eigenvalue weighted by atomic mass is 35.5. The van der Waals surface area contributed by atoms with E-state index in [1.54, 1.807) is 30.3 Å². The topological polar surface area (TPSA) is 46.2 Å². The van der Waals surface area contributed by atoms with Crippen LogP contribution >= 0.6 is 23.2 Å². The Balaban J connectivity index is 2.41. The Labute approximate surface area is 115 Å². The third kappa shape index (κ3) is 2.77. The van der Waals surface area contributed by atoms with Crippen LogP contribution in [0, 0.1) is 0 Å². The van der Waals surface area contributed by atoms with Gasteiger partial charge in [0.2, 0.25) is 0 Å². The fraction of sp³-hybridized carbons (Fsp3) is 0. The molecule has 0 saturated carbocycles. The summed E-state index contributed by atoms with van der Waals surface area (Å²) < 4.78 is 26.7. The van der Waals surface area contributed by atoms with Crippen LogP contribution in [0.1, 0.15) is 0 Å². The number of rotatable bonds is 3. The third-order valence-electron chi connectivity index (χ3n) is 2.23. The number of hydrogen-bond donors (Lipinski definition) is 1. The molecule has 94 valence electrons. The van der Waals surface area contributed by atoms with Crippen LogP contribution in [0.15, 0.2) is 53.4 Å². The Kier molecular flexibility index (Phi) is 3.80. The number of nitrogens with one attached hydrogen (secondary N) is 1. The van der Waals surface area contributed by atoms with Gasteiger partial charge in [0.15, 0.2) is 0 Å². The summed E-state index contributed by atoms with van der Waals surface area (Å²) >= 11 is 11.7. The summed E-state index contributed by atoms with van der Waals surface area (Å²) in [6.07, 6.45) is 0. The van der Waals surface area contributed by atoms with Gasteiger partial charge in [-0.15, -0.1) is 0 Å². The maximum absolute atomic E-state index is 12.1. The summed E-state index contributed by atoms with van der Waals surface area (Å²) in [5.74, 6) is 0. The van der Waals surface area contributed by atoms with E-state index in [1.165, 1.54) is 18.2 Å². The molecule has 0 aliphatic heterocycles. The average molecular weight is 302 g/mol. The lowest BCUT2D eigenvalue weighted by Gasteiger charge is -2.09. The first-order valence-corrected chi connectivity index (χ1v) is 7.26. The molecule has 3 nitrogen and oxygen atoms in total. The van der Waals surface area contributed by atoms with Gasteiger partial charge in [0.05, 0.1) is 10.0 Å². The first-order chi connectivity index (χ1) is 8.50. The van der Waals surface area contributed by atoms with Crippen LogP contribution in [0.5, 0.6) is 0 Å². The number of halogens is 2. The number of benzene rings is 2. The minimum atomic E-state index is -3.73. The molecule has 0 aliphatic carbocycles. The van der Waals surface area contributed by atoms with Crippen molar-refractivity contribution in [3.63, 3.8) is 0 Å². The number of anilines is 1. The Morgan fingerprint density at radius 3 is 2.22 bits per heavy atom. The molecule has 0 fully saturated rings. The normalized spacial score (nSPS) is 11.2. The van der Waals surface area contributed by atoms with Crippen LogP contribution in [0.25, 0.3) is 0 Å². The van der Waals surface area contributed by atoms with Crippen LogP contribution in [0.2, 0.25) is 10.0 Å². The van der Waals surface area contributed by atoms with Gasteiger partial charge in [0.25, 0.3) is 10.0 Å². The van der Waals surface area contributed by atoms with Crippen molar-refractivity contribution >= 4 is 38.9 Å². The molecule has 0 heterocycles. The molecule has 2 aromatic rings. The molecule has 0 saturated heterocycles. The van der Waals surface area contributed by atoms with Gasteiger partial charge in [0.1, 0.15) is 4.90 Å². The summed E-state index contributed by atoms with van der Waals surface area (Å²) in [5.41, 5.74) is 0.466. The maximum Gasteiger partial charge on any atom is 0.263 e. The van der Waals surface area contributed by atoms with Crippen molar-refractivity contribution in [2.45, 2.75) is 4.90 Å². The van der Waals surface area contributed by atoms with Gasteiger partial charge < -0.3 is 0 Å². The second-order valence-corrected chi connectivity index (χ2v) is 5.96. The molecule has 6 heteroatoms. The molecular weight excluding hydrogens is 293 g/mol. The zero-order valence-electron chi connectivity index (χ0n) is 9.10. The first-order valence-electron chi connectivity index (χ1n) is 5.02. The molecule has 18 heavy (non-hydrogen) atoms. The van der Waals surface area contributed by atoms with Gasteiger partial charge in [-0.2, -0.15) is 0 Å². The quantitative estimate of drug-likeness (QED) is 0.937. The molecule has 2 rings (SSSR count). The van der Waals surface area contributed by atoms with Crippen LogP contribution in [0.3, 0.4) is 0 Å². The monoisotopic (exact) mass is 301 g/mol. The van der Waals surface area contributed by atoms with E-state index in [0.29, 0.717) is 5.69 Å². The lowest BCUT2D eigenvalue weighted by Crippen LogP contribution is -2.13. The Hall–Kier alpha value is -1.23. The number of hydrogen-bond acceptors (Lipinski definition) is 2. The molecule has 2 aromatic carbocycles. The molecule has 0 atom stereocenters. The molecule has 0 aromatic heterocycles. The Morgan fingerprint density at radius 1 is 0.889 bits per heavy atom. The van der Waals surface area contributed by atoms with E-state index in [1.807, 2.05) is 0 Å². The summed E-state index contributed by atoms with van der Waals surface area (Å²) in [4.78, 5) is -0.0412. The molecule has 0 spiro atoms. The molecule has 0 amide bonds. The van der Waals surface area contributed by atoms with Crippen LogP contribution in [-0.4, -0.2) is 8.42 Å². The summed E-state index contributed by atoms with van der Waals surface area (Å²) in [5, 5.41) is 0.218. The molecule has 0 bridgehead atoms. The van der Waals surface area contributed by atoms with Crippen LogP contribution < -0.4 is 4.72 Å². The minimum Gasteiger partial charge on any atom is -0.280 e. The van der Waals surface area contributed by atoms with Gasteiger partial charge >= 0.3 is 0 Å². The van der Waals surface area contributed by atoms with E-state index >= 15 is 0 Å². The smallest absolute Gasteiger partial charge is 0.263 e. The second-order valence-electron chi connectivity index (χ2n) is 3.52. The largest absolute Gasteiger partial charge is 0.280 e. The lowest BCUT2D eigenvalue weighted by atomic mass is 10.3. The minimum absolute atomic E-state index is 0.0163. The summed E-state index contributed by atoms with van der Waals surface area (Å²) in [6, 6.07) is 13.0. The molecule has 1 N–H and O–H groups in total. The number of para-hydroxylation sites is 1. The van der Waals surface area contributed by atoms with Crippen molar-refractivity contribution < 1.29 is 8.42 Å². The van der Waals surface area contributed by atoms with E-state index < -0.39 is 10.0 Å². The highest BCUT2D eigenvalue weighted by Gasteiger charge is 2.19. The van der Waals surface area contributed by atoms with Crippen LogP contribution in [0.4, 0.5) is 5.69 Å². The first kappa shape index (κ1) is 13.2. The van der Waals surface area contributed by atoms with Gasteiger partial charge in [0, 0.05) is 5.69 Å². The van der Waals surface area contributed by atoms with E-state index in [-0.39, 0.29) is 14.9 Å². The van der Waals surface area contributed by atoms with E-state index in [4.69, 9.17) is 23.2 Å². The van der Waals surface area contributed by atoms with E-state index in [9.17, 15) is 8.42 Å². The zero-order chi connectivity index (χ0) is 13.2. The van der Waals surface area contributed by atoms with Gasteiger partial charge in [-0.05, 0) is 24.3 Å². The van der Waals surface area contributed by atoms with Crippen molar-refractivity contribution in [3.05, 3.63) is 58.6 Å². The molecular formula is C12H9Cl2NO2S. The number of sulfonamides is 1. The van der Waals surface area contributed by atoms with Crippen LogP contribution in [-0.2, 0) is 10.0 Å². The zero-order valence-corrected chi connectivity index (χ0v) is 11.4. The predicted molar refractivity (Wildman–Crippen MR) is 73.7 cm³/mol. The van der Waals surface area contributed by atoms with E-state index in [2.05, 4.69) is 4.72 Å². The fourth-order valence-electron chi connectivity index (χ4n) is 1.41. The van der Waals surface area contributed by atoms with Crippen molar-refractivity contribution in [2.24, 2.45) is 0 Å². The standard InChI is InChI=1S/C12H9Cl2NO2S/c13-10-7-4-8-11(12(10)14)18(16,17)15-9-5-2-1-3-6-9/h1-8,15H. The van der Waals surface area contributed by atoms with Crippen molar-refractivity contribution in [3.8, 4) is 0 Å².